The Hall–Kier alpha value is -1.01. The van der Waals surface area contributed by atoms with E-state index in [4.69, 9.17) is 4.84 Å². The lowest BCUT2D eigenvalue weighted by atomic mass is 9.96. The third-order valence-corrected chi connectivity index (χ3v) is 2.74. The molecule has 20 heavy (non-hydrogen) atoms. The summed E-state index contributed by atoms with van der Waals surface area (Å²) < 4.78 is 0. The Morgan fingerprint density at radius 3 is 2.30 bits per heavy atom. The molecule has 0 amide bonds. The number of hydrogen-bond acceptors (Lipinski definition) is 3. The van der Waals surface area contributed by atoms with E-state index >= 15 is 0 Å². The van der Waals surface area contributed by atoms with Crippen LogP contribution in [-0.4, -0.2) is 24.9 Å². The molecule has 118 valence electrons. The van der Waals surface area contributed by atoms with Crippen molar-refractivity contribution in [2.45, 2.75) is 79.7 Å². The lowest BCUT2D eigenvalue weighted by Gasteiger charge is -2.22. The maximum Gasteiger partial charge on any atom is 0.129 e. The van der Waals surface area contributed by atoms with E-state index in [0.29, 0.717) is 12.6 Å². The van der Waals surface area contributed by atoms with E-state index < -0.39 is 0 Å². The van der Waals surface area contributed by atoms with Gasteiger partial charge in [0, 0.05) is 12.6 Å². The maximum absolute atomic E-state index is 5.16. The van der Waals surface area contributed by atoms with E-state index in [2.05, 4.69) is 22.3 Å². The molecule has 0 saturated heterocycles. The Bertz CT molecular complexity index is 270. The van der Waals surface area contributed by atoms with Crippen LogP contribution in [0.5, 0.6) is 0 Å². The van der Waals surface area contributed by atoms with Crippen molar-refractivity contribution in [3.8, 4) is 11.8 Å². The summed E-state index contributed by atoms with van der Waals surface area (Å²) in [4.78, 5) is 5.16. The van der Waals surface area contributed by atoms with Gasteiger partial charge < -0.3 is 10.2 Å². The maximum atomic E-state index is 5.16. The van der Waals surface area contributed by atoms with Gasteiger partial charge >= 0.3 is 0 Å². The highest BCUT2D eigenvalue weighted by molar-refractivity contribution is 5.97. The van der Waals surface area contributed by atoms with Gasteiger partial charge in [0.1, 0.15) is 12.3 Å². The summed E-state index contributed by atoms with van der Waals surface area (Å²) in [5.74, 6) is 5.62. The largest absolute Gasteiger partial charge is 0.394 e. The van der Waals surface area contributed by atoms with E-state index in [1.807, 2.05) is 34.6 Å². The fourth-order valence-electron chi connectivity index (χ4n) is 1.96. The molecule has 1 aliphatic carbocycles. The highest BCUT2D eigenvalue weighted by atomic mass is 16.6. The first-order valence-electron chi connectivity index (χ1n) is 8.15. The molecule has 1 N–H and O–H groups in total. The summed E-state index contributed by atoms with van der Waals surface area (Å²) >= 11 is 0. The molecule has 0 unspecified atom stereocenters. The Labute approximate surface area is 126 Å². The number of oxime groups is 1. The fourth-order valence-corrected chi connectivity index (χ4v) is 1.96. The summed E-state index contributed by atoms with van der Waals surface area (Å²) in [5.41, 5.74) is 0.736. The van der Waals surface area contributed by atoms with Crippen LogP contribution >= 0.6 is 0 Å². The smallest absolute Gasteiger partial charge is 0.129 e. The molecule has 0 aromatic carbocycles. The molecule has 1 fully saturated rings. The summed E-state index contributed by atoms with van der Waals surface area (Å²) in [6.45, 7) is 13.1. The number of hydrogen-bond donors (Lipinski definition) is 1. The monoisotopic (exact) mass is 282 g/mol. The van der Waals surface area contributed by atoms with Gasteiger partial charge in [0.25, 0.3) is 0 Å². The zero-order chi connectivity index (χ0) is 15.6. The third kappa shape index (κ3) is 13.4. The van der Waals surface area contributed by atoms with Gasteiger partial charge in [0.15, 0.2) is 0 Å². The average Bonchev–Trinajstić information content (AvgIpc) is 2.52. The fraction of sp³-hybridized carbons (Fsp3) is 0.824. The summed E-state index contributed by atoms with van der Waals surface area (Å²) in [7, 11) is 0. The highest BCUT2D eigenvalue weighted by Gasteiger charge is 2.11. The van der Waals surface area contributed by atoms with Crippen LogP contribution < -0.4 is 5.32 Å². The van der Waals surface area contributed by atoms with E-state index in [9.17, 15) is 0 Å². The molecule has 0 aromatic heterocycles. The molecule has 0 atom stereocenters. The van der Waals surface area contributed by atoms with Crippen molar-refractivity contribution in [1.29, 1.82) is 0 Å². The molecule has 0 bridgehead atoms. The number of rotatable bonds is 5. The Morgan fingerprint density at radius 2 is 1.75 bits per heavy atom. The molecule has 0 spiro atoms. The Morgan fingerprint density at radius 1 is 1.15 bits per heavy atom. The second-order valence-corrected chi connectivity index (χ2v) is 4.17. The standard InChI is InChI=1S/C13H22N2O.2C2H6/c1-3-7-12(2)15-16-11-10-14-13-8-5-4-6-9-13;2*1-2/h13-14H,4-6,8-11H2,1-2H3;2*1-2H3/b15-12-;;. The molecule has 0 aromatic rings. The Kier molecular flexibility index (Phi) is 19.2. The summed E-state index contributed by atoms with van der Waals surface area (Å²) in [6.07, 6.45) is 6.74. The van der Waals surface area contributed by atoms with Gasteiger partial charge in [0.2, 0.25) is 0 Å². The number of nitrogens with one attached hydrogen (secondary N) is 1. The molecular formula is C17H34N2O. The second-order valence-electron chi connectivity index (χ2n) is 4.17. The minimum Gasteiger partial charge on any atom is -0.394 e. The van der Waals surface area contributed by atoms with Crippen LogP contribution in [0, 0.1) is 11.8 Å². The lowest BCUT2D eigenvalue weighted by Crippen LogP contribution is -2.33. The van der Waals surface area contributed by atoms with E-state index in [1.165, 1.54) is 32.1 Å². The zero-order valence-electron chi connectivity index (χ0n) is 14.4. The Balaban J connectivity index is 0. The van der Waals surface area contributed by atoms with Gasteiger partial charge in [-0.25, -0.2) is 0 Å². The molecule has 3 nitrogen and oxygen atoms in total. The summed E-state index contributed by atoms with van der Waals surface area (Å²) in [6, 6.07) is 0.692. The van der Waals surface area contributed by atoms with Gasteiger partial charge in [-0.2, -0.15) is 0 Å². The van der Waals surface area contributed by atoms with Crippen LogP contribution in [0.15, 0.2) is 5.16 Å². The molecule has 0 radical (unpaired) electrons. The number of nitrogens with zero attached hydrogens (tertiary/aromatic N) is 1. The minimum absolute atomic E-state index is 0.624. The first-order valence-corrected chi connectivity index (χ1v) is 8.15. The topological polar surface area (TPSA) is 33.6 Å². The van der Waals surface area contributed by atoms with E-state index in [-0.39, 0.29) is 0 Å². The van der Waals surface area contributed by atoms with Crippen molar-refractivity contribution in [3.05, 3.63) is 0 Å². The third-order valence-electron chi connectivity index (χ3n) is 2.74. The van der Waals surface area contributed by atoms with Crippen molar-refractivity contribution in [1.82, 2.24) is 5.32 Å². The van der Waals surface area contributed by atoms with Crippen molar-refractivity contribution >= 4 is 5.71 Å². The van der Waals surface area contributed by atoms with Gasteiger partial charge in [-0.1, -0.05) is 58.0 Å². The van der Waals surface area contributed by atoms with Crippen LogP contribution in [-0.2, 0) is 4.84 Å². The lowest BCUT2D eigenvalue weighted by molar-refractivity contribution is 0.142. The van der Waals surface area contributed by atoms with E-state index in [0.717, 1.165) is 12.3 Å². The minimum atomic E-state index is 0.624. The highest BCUT2D eigenvalue weighted by Crippen LogP contribution is 2.16. The normalized spacial score (nSPS) is 14.8. The molecular weight excluding hydrogens is 248 g/mol. The SMILES string of the molecule is CC.CC.CC#C/C(C)=N\OCCNC1CCCCC1. The van der Waals surface area contributed by atoms with Gasteiger partial charge in [0.05, 0.1) is 0 Å². The van der Waals surface area contributed by atoms with Crippen LogP contribution in [0.1, 0.15) is 73.6 Å². The quantitative estimate of drug-likeness (QED) is 0.351. The predicted molar refractivity (Wildman–Crippen MR) is 90.1 cm³/mol. The summed E-state index contributed by atoms with van der Waals surface area (Å²) in [5, 5.41) is 7.40. The van der Waals surface area contributed by atoms with Crippen LogP contribution in [0.2, 0.25) is 0 Å². The van der Waals surface area contributed by atoms with E-state index in [1.54, 1.807) is 6.92 Å². The average molecular weight is 282 g/mol. The first kappa shape index (κ1) is 21.3. The van der Waals surface area contributed by atoms with Crippen molar-refractivity contribution in [2.24, 2.45) is 5.16 Å². The van der Waals surface area contributed by atoms with Crippen molar-refractivity contribution < 1.29 is 4.84 Å². The van der Waals surface area contributed by atoms with Gasteiger partial charge in [-0.05, 0) is 32.6 Å². The van der Waals surface area contributed by atoms with Crippen LogP contribution in [0.3, 0.4) is 0 Å². The van der Waals surface area contributed by atoms with Crippen molar-refractivity contribution in [3.63, 3.8) is 0 Å². The molecule has 3 heteroatoms. The van der Waals surface area contributed by atoms with Gasteiger partial charge in [-0.15, -0.1) is 0 Å². The van der Waals surface area contributed by atoms with Crippen LogP contribution in [0.25, 0.3) is 0 Å². The van der Waals surface area contributed by atoms with Crippen LogP contribution in [0.4, 0.5) is 0 Å². The molecule has 1 rings (SSSR count). The predicted octanol–water partition coefficient (Wildman–Crippen LogP) is 4.38. The molecule has 0 aliphatic heterocycles. The van der Waals surface area contributed by atoms with Crippen molar-refractivity contribution in [2.75, 3.05) is 13.2 Å². The first-order chi connectivity index (χ1) is 9.83. The molecule has 1 saturated carbocycles. The molecule has 0 heterocycles. The molecule has 1 aliphatic rings. The second kappa shape index (κ2) is 18.0. The van der Waals surface area contributed by atoms with Gasteiger partial charge in [-0.3, -0.25) is 0 Å². The zero-order valence-corrected chi connectivity index (χ0v) is 14.4.